The summed E-state index contributed by atoms with van der Waals surface area (Å²) >= 11 is 0. The topological polar surface area (TPSA) is 114 Å². The summed E-state index contributed by atoms with van der Waals surface area (Å²) in [6.45, 7) is 3.72. The summed E-state index contributed by atoms with van der Waals surface area (Å²) in [5.74, 6) is -1.06. The number of urea groups is 1. The molecule has 0 fully saturated rings. The van der Waals surface area contributed by atoms with E-state index in [2.05, 4.69) is 5.32 Å². The second kappa shape index (κ2) is 15.5. The number of fused-ring (bicyclic) bond motifs is 1. The number of hydrogen-bond donors (Lipinski definition) is 2. The monoisotopic (exact) mass is 598 g/mol. The molecule has 2 atom stereocenters. The highest BCUT2D eigenvalue weighted by Crippen LogP contribution is 2.26. The second-order valence-corrected chi connectivity index (χ2v) is 10.9. The normalized spacial score (nSPS) is 12.3. The minimum Gasteiger partial charge on any atom is -0.493 e. The number of ether oxygens (including phenoxy) is 3. The van der Waals surface area contributed by atoms with E-state index in [4.69, 9.17) is 14.2 Å². The van der Waals surface area contributed by atoms with Gasteiger partial charge in [-0.05, 0) is 39.9 Å². The first-order valence-corrected chi connectivity index (χ1v) is 14.5. The molecule has 44 heavy (non-hydrogen) atoms. The zero-order valence-corrected chi connectivity index (χ0v) is 25.1. The van der Waals surface area contributed by atoms with Gasteiger partial charge in [-0.15, -0.1) is 0 Å². The Morgan fingerprint density at radius 3 is 2.14 bits per heavy atom. The molecule has 4 aromatic carbocycles. The van der Waals surface area contributed by atoms with Crippen LogP contribution in [0.25, 0.3) is 10.8 Å². The minimum absolute atomic E-state index is 0.00200. The van der Waals surface area contributed by atoms with Crippen LogP contribution in [0.2, 0.25) is 0 Å². The first kappa shape index (κ1) is 32.0. The van der Waals surface area contributed by atoms with Crippen LogP contribution >= 0.6 is 0 Å². The number of carbonyl (C=O) groups is 3. The number of para-hydroxylation sites is 2. The van der Waals surface area contributed by atoms with E-state index in [0.717, 1.165) is 21.9 Å². The number of hydrogen-bond acceptors (Lipinski definition) is 7. The summed E-state index contributed by atoms with van der Waals surface area (Å²) in [6, 6.07) is 27.9. The molecule has 2 amide bonds. The van der Waals surface area contributed by atoms with Gasteiger partial charge in [-0.25, -0.2) is 14.4 Å². The molecule has 230 valence electrons. The molecule has 0 spiro atoms. The van der Waals surface area contributed by atoms with E-state index < -0.39 is 30.1 Å². The fourth-order valence-corrected chi connectivity index (χ4v) is 4.71. The largest absolute Gasteiger partial charge is 0.493 e. The van der Waals surface area contributed by atoms with E-state index in [9.17, 15) is 19.5 Å². The third-order valence-corrected chi connectivity index (χ3v) is 6.88. The van der Waals surface area contributed by atoms with E-state index >= 15 is 0 Å². The Morgan fingerprint density at radius 1 is 0.773 bits per heavy atom. The zero-order chi connectivity index (χ0) is 31.5. The van der Waals surface area contributed by atoms with Crippen LogP contribution in [-0.2, 0) is 27.4 Å². The van der Waals surface area contributed by atoms with E-state index in [1.807, 2.05) is 86.6 Å². The Balaban J connectivity index is 1.50. The van der Waals surface area contributed by atoms with Crippen molar-refractivity contribution in [2.24, 2.45) is 5.92 Å². The van der Waals surface area contributed by atoms with Crippen molar-refractivity contribution in [3.8, 4) is 11.5 Å². The molecule has 9 nitrogen and oxygen atoms in total. The highest BCUT2D eigenvalue weighted by molar-refractivity contribution is 5.86. The quantitative estimate of drug-likeness (QED) is 0.162. The number of aliphatic hydroxyl groups excluding tert-OH is 1. The number of benzene rings is 4. The third kappa shape index (κ3) is 9.05. The molecule has 0 aliphatic heterocycles. The van der Waals surface area contributed by atoms with Crippen LogP contribution < -0.4 is 14.8 Å². The summed E-state index contributed by atoms with van der Waals surface area (Å²) in [6.07, 6.45) is -1.47. The van der Waals surface area contributed by atoms with Gasteiger partial charge in [0.05, 0.1) is 13.7 Å². The van der Waals surface area contributed by atoms with Gasteiger partial charge in [0.15, 0.2) is 17.6 Å². The zero-order valence-electron chi connectivity index (χ0n) is 25.1. The molecule has 4 aromatic rings. The predicted octanol–water partition coefficient (Wildman–Crippen LogP) is 5.14. The number of nitrogens with one attached hydrogen (secondary N) is 1. The Hall–Kier alpha value is -4.89. The lowest BCUT2D eigenvalue weighted by atomic mass is 10.0. The predicted molar refractivity (Wildman–Crippen MR) is 167 cm³/mol. The van der Waals surface area contributed by atoms with Crippen molar-refractivity contribution >= 4 is 28.7 Å². The van der Waals surface area contributed by atoms with Crippen LogP contribution in [-0.4, -0.2) is 60.3 Å². The van der Waals surface area contributed by atoms with Crippen LogP contribution in [0.3, 0.4) is 0 Å². The molecule has 9 heteroatoms. The number of amides is 2. The highest BCUT2D eigenvalue weighted by atomic mass is 16.6. The van der Waals surface area contributed by atoms with Crippen molar-refractivity contribution in [3.63, 3.8) is 0 Å². The molecule has 2 N–H and O–H groups in total. The van der Waals surface area contributed by atoms with Crippen molar-refractivity contribution < 1.29 is 33.7 Å². The molecule has 0 radical (unpaired) electrons. The van der Waals surface area contributed by atoms with Gasteiger partial charge in [0, 0.05) is 13.0 Å². The summed E-state index contributed by atoms with van der Waals surface area (Å²) < 4.78 is 16.2. The van der Waals surface area contributed by atoms with E-state index in [1.165, 1.54) is 12.0 Å². The van der Waals surface area contributed by atoms with E-state index in [-0.39, 0.29) is 37.8 Å². The van der Waals surface area contributed by atoms with Crippen LogP contribution in [0.15, 0.2) is 97.1 Å². The van der Waals surface area contributed by atoms with Gasteiger partial charge in [0.1, 0.15) is 12.6 Å². The maximum atomic E-state index is 13.6. The lowest BCUT2D eigenvalue weighted by Gasteiger charge is -2.28. The Kier molecular flexibility index (Phi) is 11.3. The lowest BCUT2D eigenvalue weighted by molar-refractivity contribution is -0.147. The third-order valence-electron chi connectivity index (χ3n) is 6.88. The van der Waals surface area contributed by atoms with Gasteiger partial charge in [0.25, 0.3) is 0 Å². The van der Waals surface area contributed by atoms with Crippen molar-refractivity contribution in [3.05, 3.63) is 108 Å². The Morgan fingerprint density at radius 2 is 1.43 bits per heavy atom. The van der Waals surface area contributed by atoms with E-state index in [0.29, 0.717) is 5.75 Å². The number of methoxy groups -OCH3 is 1. The van der Waals surface area contributed by atoms with Gasteiger partial charge in [-0.1, -0.05) is 98.8 Å². The number of aliphatic hydroxyl groups is 1. The molecule has 0 aliphatic carbocycles. The maximum Gasteiger partial charge on any atom is 0.342 e. The van der Waals surface area contributed by atoms with Gasteiger partial charge in [-0.3, -0.25) is 0 Å². The summed E-state index contributed by atoms with van der Waals surface area (Å²) in [5.41, 5.74) is 1.65. The Bertz CT molecular complexity index is 1560. The molecule has 0 heterocycles. The first-order chi connectivity index (χ1) is 21.2. The second-order valence-electron chi connectivity index (χ2n) is 10.9. The molecule has 0 bridgehead atoms. The molecule has 0 saturated carbocycles. The molecular formula is C35H38N2O7. The fourth-order valence-electron chi connectivity index (χ4n) is 4.71. The smallest absolute Gasteiger partial charge is 0.342 e. The average Bonchev–Trinajstić information content (AvgIpc) is 3.03. The molecule has 0 aliphatic rings. The first-order valence-electron chi connectivity index (χ1n) is 14.5. The van der Waals surface area contributed by atoms with Crippen LogP contribution in [0, 0.1) is 5.92 Å². The minimum atomic E-state index is -1.65. The van der Waals surface area contributed by atoms with Crippen LogP contribution in [0.4, 0.5) is 4.79 Å². The van der Waals surface area contributed by atoms with Crippen molar-refractivity contribution in [2.45, 2.75) is 39.0 Å². The van der Waals surface area contributed by atoms with Crippen LogP contribution in [0.1, 0.15) is 25.0 Å². The average molecular weight is 599 g/mol. The van der Waals surface area contributed by atoms with E-state index in [1.54, 1.807) is 24.3 Å². The summed E-state index contributed by atoms with van der Waals surface area (Å²) in [5, 5.41) is 15.6. The standard InChI is InChI=1S/C35H38N2O7/c1-24(2)21-37(22-30(38)34(40)44-32-16-10-9-15-31(32)42-3)35(41)36-29(33(39)43-23-25-11-5-4-6-12-25)20-26-17-18-27-13-7-8-14-28(27)19-26/h4-19,24,29-30,38H,20-23H2,1-3H3,(H,36,41)/t29-,30?/m0/s1. The number of carbonyl (C=O) groups excluding carboxylic acids is 3. The molecular weight excluding hydrogens is 560 g/mol. The number of rotatable bonds is 13. The van der Waals surface area contributed by atoms with Gasteiger partial charge in [0.2, 0.25) is 0 Å². The van der Waals surface area contributed by atoms with Crippen LogP contribution in [0.5, 0.6) is 11.5 Å². The lowest BCUT2D eigenvalue weighted by Crippen LogP contribution is -2.52. The van der Waals surface area contributed by atoms with Crippen molar-refractivity contribution in [1.82, 2.24) is 10.2 Å². The number of nitrogens with zero attached hydrogens (tertiary/aromatic N) is 1. The van der Waals surface area contributed by atoms with Gasteiger partial charge >= 0.3 is 18.0 Å². The fraction of sp³-hybridized carbons (Fsp3) is 0.286. The molecule has 0 aromatic heterocycles. The van der Waals surface area contributed by atoms with Gasteiger partial charge < -0.3 is 29.5 Å². The summed E-state index contributed by atoms with van der Waals surface area (Å²) in [7, 11) is 1.44. The van der Waals surface area contributed by atoms with Gasteiger partial charge in [-0.2, -0.15) is 0 Å². The van der Waals surface area contributed by atoms with Crippen molar-refractivity contribution in [2.75, 3.05) is 20.2 Å². The molecule has 0 saturated heterocycles. The maximum absolute atomic E-state index is 13.6. The summed E-state index contributed by atoms with van der Waals surface area (Å²) in [4.78, 5) is 41.0. The Labute approximate surface area is 257 Å². The SMILES string of the molecule is COc1ccccc1OC(=O)C(O)CN(CC(C)C)C(=O)N[C@@H](Cc1ccc2ccccc2c1)C(=O)OCc1ccccc1. The van der Waals surface area contributed by atoms with Crippen molar-refractivity contribution in [1.29, 1.82) is 0 Å². The molecule has 1 unspecified atom stereocenters. The number of esters is 2. The molecule has 4 rings (SSSR count). The highest BCUT2D eigenvalue weighted by Gasteiger charge is 2.29.